The molecule has 0 saturated carbocycles. The van der Waals surface area contributed by atoms with Crippen LogP contribution in [0.15, 0.2) is 6.07 Å². The minimum absolute atomic E-state index is 0.599. The lowest BCUT2D eigenvalue weighted by Crippen LogP contribution is -2.22. The van der Waals surface area contributed by atoms with Crippen molar-refractivity contribution in [3.63, 3.8) is 0 Å². The van der Waals surface area contributed by atoms with Crippen LogP contribution in [0, 0.1) is 5.92 Å². The molecule has 1 aromatic heterocycles. The van der Waals surface area contributed by atoms with E-state index in [0.29, 0.717) is 5.82 Å². The summed E-state index contributed by atoms with van der Waals surface area (Å²) >= 11 is 0. The maximum Gasteiger partial charge on any atom is 0.134 e. The Labute approximate surface area is 110 Å². The molecule has 1 saturated heterocycles. The summed E-state index contributed by atoms with van der Waals surface area (Å²) in [5.41, 5.74) is 5.87. The number of nitrogens with zero attached hydrogens (tertiary/aromatic N) is 3. The number of hydrogen-bond acceptors (Lipinski definition) is 4. The lowest BCUT2D eigenvalue weighted by molar-refractivity contribution is 0.529. The van der Waals surface area contributed by atoms with Crippen LogP contribution in [0.1, 0.15) is 45.4 Å². The van der Waals surface area contributed by atoms with E-state index in [1.807, 2.05) is 6.07 Å². The number of aromatic nitrogens is 2. The highest BCUT2D eigenvalue weighted by Gasteiger charge is 2.23. The van der Waals surface area contributed by atoms with E-state index >= 15 is 0 Å². The molecule has 0 spiro atoms. The highest BCUT2D eigenvalue weighted by molar-refractivity contribution is 5.47. The van der Waals surface area contributed by atoms with Crippen LogP contribution in [0.3, 0.4) is 0 Å². The van der Waals surface area contributed by atoms with Crippen LogP contribution in [0.5, 0.6) is 0 Å². The molecule has 2 rings (SSSR count). The zero-order chi connectivity index (χ0) is 13.0. The maximum atomic E-state index is 5.87. The Hall–Kier alpha value is -1.32. The van der Waals surface area contributed by atoms with Crippen molar-refractivity contribution in [2.45, 2.75) is 46.0 Å². The van der Waals surface area contributed by atoms with Crippen LogP contribution in [0.4, 0.5) is 11.6 Å². The predicted molar refractivity (Wildman–Crippen MR) is 75.7 cm³/mol. The van der Waals surface area contributed by atoms with Crippen molar-refractivity contribution in [2.24, 2.45) is 5.92 Å². The molecule has 4 nitrogen and oxygen atoms in total. The molecule has 1 aliphatic rings. The molecule has 1 aromatic rings. The van der Waals surface area contributed by atoms with Crippen LogP contribution in [0.25, 0.3) is 0 Å². The molecule has 0 amide bonds. The summed E-state index contributed by atoms with van der Waals surface area (Å²) < 4.78 is 0. The first-order chi connectivity index (χ1) is 8.72. The van der Waals surface area contributed by atoms with E-state index in [-0.39, 0.29) is 0 Å². The van der Waals surface area contributed by atoms with Gasteiger partial charge in [0, 0.05) is 25.6 Å². The molecule has 100 valence electrons. The van der Waals surface area contributed by atoms with Gasteiger partial charge in [0.15, 0.2) is 0 Å². The molecule has 1 unspecified atom stereocenters. The molecule has 2 N–H and O–H groups in total. The van der Waals surface area contributed by atoms with Crippen molar-refractivity contribution in [3.05, 3.63) is 11.9 Å². The molecule has 0 aliphatic carbocycles. The van der Waals surface area contributed by atoms with Crippen molar-refractivity contribution in [1.82, 2.24) is 9.97 Å². The molecule has 1 fully saturated rings. The SMILES string of the molecule is CCCc1nc(N)cc(N2CCC(CCC)C2)n1. The third-order valence-corrected chi connectivity index (χ3v) is 3.56. The van der Waals surface area contributed by atoms with Crippen molar-refractivity contribution in [3.8, 4) is 0 Å². The number of hydrogen-bond donors (Lipinski definition) is 1. The van der Waals surface area contributed by atoms with Gasteiger partial charge in [-0.05, 0) is 25.2 Å². The molecule has 4 heteroatoms. The standard InChI is InChI=1S/C14H24N4/c1-3-5-11-7-8-18(10-11)14-9-12(15)16-13(17-14)6-4-2/h9,11H,3-8,10H2,1-2H3,(H2,15,16,17). The Morgan fingerprint density at radius 1 is 1.33 bits per heavy atom. The molecule has 1 aliphatic heterocycles. The lowest BCUT2D eigenvalue weighted by atomic mass is 10.0. The van der Waals surface area contributed by atoms with E-state index in [4.69, 9.17) is 5.73 Å². The second-order valence-corrected chi connectivity index (χ2v) is 5.21. The monoisotopic (exact) mass is 248 g/mol. The molecule has 0 bridgehead atoms. The Bertz CT molecular complexity index is 391. The molecule has 0 radical (unpaired) electrons. The summed E-state index contributed by atoms with van der Waals surface area (Å²) in [6, 6.07) is 1.91. The number of rotatable bonds is 5. The molecule has 0 aromatic carbocycles. The van der Waals surface area contributed by atoms with Crippen molar-refractivity contribution in [2.75, 3.05) is 23.7 Å². The van der Waals surface area contributed by atoms with E-state index in [0.717, 1.165) is 43.5 Å². The molecular weight excluding hydrogens is 224 g/mol. The first kappa shape index (κ1) is 13.1. The van der Waals surface area contributed by atoms with E-state index in [1.165, 1.54) is 19.3 Å². The zero-order valence-electron chi connectivity index (χ0n) is 11.5. The maximum absolute atomic E-state index is 5.87. The quantitative estimate of drug-likeness (QED) is 0.870. The van der Waals surface area contributed by atoms with Crippen LogP contribution in [0.2, 0.25) is 0 Å². The second-order valence-electron chi connectivity index (χ2n) is 5.21. The fraction of sp³-hybridized carbons (Fsp3) is 0.714. The van der Waals surface area contributed by atoms with Gasteiger partial charge < -0.3 is 10.6 Å². The van der Waals surface area contributed by atoms with Gasteiger partial charge in [-0.2, -0.15) is 0 Å². The number of nitrogen functional groups attached to an aromatic ring is 1. The van der Waals surface area contributed by atoms with Crippen LogP contribution in [-0.2, 0) is 6.42 Å². The molecular formula is C14H24N4. The predicted octanol–water partition coefficient (Wildman–Crippen LogP) is 2.64. The highest BCUT2D eigenvalue weighted by Crippen LogP contribution is 2.26. The number of nitrogens with two attached hydrogens (primary N) is 1. The second kappa shape index (κ2) is 6.03. The number of aryl methyl sites for hydroxylation is 1. The van der Waals surface area contributed by atoms with Gasteiger partial charge in [-0.1, -0.05) is 20.3 Å². The van der Waals surface area contributed by atoms with Crippen LogP contribution in [-0.4, -0.2) is 23.1 Å². The van der Waals surface area contributed by atoms with Gasteiger partial charge in [0.2, 0.25) is 0 Å². The minimum atomic E-state index is 0.599. The van der Waals surface area contributed by atoms with Gasteiger partial charge in [-0.15, -0.1) is 0 Å². The number of anilines is 2. The van der Waals surface area contributed by atoms with E-state index < -0.39 is 0 Å². The third-order valence-electron chi connectivity index (χ3n) is 3.56. The van der Waals surface area contributed by atoms with Gasteiger partial charge in [0.25, 0.3) is 0 Å². The largest absolute Gasteiger partial charge is 0.384 e. The first-order valence-electron chi connectivity index (χ1n) is 7.11. The fourth-order valence-electron chi connectivity index (χ4n) is 2.69. The lowest BCUT2D eigenvalue weighted by Gasteiger charge is -2.18. The van der Waals surface area contributed by atoms with Crippen LogP contribution >= 0.6 is 0 Å². The normalized spacial score (nSPS) is 19.4. The highest BCUT2D eigenvalue weighted by atomic mass is 15.2. The van der Waals surface area contributed by atoms with E-state index in [1.54, 1.807) is 0 Å². The third kappa shape index (κ3) is 3.12. The van der Waals surface area contributed by atoms with Crippen molar-refractivity contribution in [1.29, 1.82) is 0 Å². The molecule has 18 heavy (non-hydrogen) atoms. The Morgan fingerprint density at radius 3 is 2.89 bits per heavy atom. The smallest absolute Gasteiger partial charge is 0.134 e. The molecule has 1 atom stereocenters. The van der Waals surface area contributed by atoms with Gasteiger partial charge in [-0.3, -0.25) is 0 Å². The van der Waals surface area contributed by atoms with Gasteiger partial charge >= 0.3 is 0 Å². The summed E-state index contributed by atoms with van der Waals surface area (Å²) in [4.78, 5) is 11.3. The van der Waals surface area contributed by atoms with Crippen LogP contribution < -0.4 is 10.6 Å². The summed E-state index contributed by atoms with van der Waals surface area (Å²) in [5.74, 6) is 3.32. The van der Waals surface area contributed by atoms with Crippen molar-refractivity contribution < 1.29 is 0 Å². The average Bonchev–Trinajstić information content (AvgIpc) is 2.78. The fourth-order valence-corrected chi connectivity index (χ4v) is 2.69. The topological polar surface area (TPSA) is 55.0 Å². The first-order valence-corrected chi connectivity index (χ1v) is 7.11. The van der Waals surface area contributed by atoms with E-state index in [2.05, 4.69) is 28.7 Å². The van der Waals surface area contributed by atoms with Gasteiger partial charge in [0.1, 0.15) is 17.5 Å². The summed E-state index contributed by atoms with van der Waals surface area (Å²) in [7, 11) is 0. The summed E-state index contributed by atoms with van der Waals surface area (Å²) in [6.45, 7) is 6.62. The van der Waals surface area contributed by atoms with Crippen molar-refractivity contribution >= 4 is 11.6 Å². The van der Waals surface area contributed by atoms with E-state index in [9.17, 15) is 0 Å². The van der Waals surface area contributed by atoms with Gasteiger partial charge in [-0.25, -0.2) is 9.97 Å². The zero-order valence-corrected chi connectivity index (χ0v) is 11.5. The van der Waals surface area contributed by atoms with Gasteiger partial charge in [0.05, 0.1) is 0 Å². The Kier molecular flexibility index (Phi) is 4.39. The Morgan fingerprint density at radius 2 is 2.17 bits per heavy atom. The molecule has 2 heterocycles. The summed E-state index contributed by atoms with van der Waals surface area (Å²) in [5, 5.41) is 0. The average molecular weight is 248 g/mol. The minimum Gasteiger partial charge on any atom is -0.384 e. The Balaban J connectivity index is 2.08. The summed E-state index contributed by atoms with van der Waals surface area (Å²) in [6.07, 6.45) is 5.83.